The summed E-state index contributed by atoms with van der Waals surface area (Å²) in [5.74, 6) is 1.78. The normalized spacial score (nSPS) is 12.3. The van der Waals surface area contributed by atoms with Crippen LogP contribution in [0.15, 0.2) is 54.2 Å². The van der Waals surface area contributed by atoms with Crippen LogP contribution in [0, 0.1) is 0 Å². The molecule has 2 heterocycles. The number of para-hydroxylation sites is 1. The summed E-state index contributed by atoms with van der Waals surface area (Å²) in [6.45, 7) is 0.660. The lowest BCUT2D eigenvalue weighted by Gasteiger charge is -2.17. The fraction of sp³-hybridized carbons (Fsp3) is 0.188. The van der Waals surface area contributed by atoms with Crippen molar-refractivity contribution in [1.82, 2.24) is 9.55 Å². The molecule has 1 atom stereocenters. The van der Waals surface area contributed by atoms with E-state index in [1.54, 1.807) is 18.4 Å². The molecule has 0 saturated heterocycles. The molecule has 5 heteroatoms. The highest BCUT2D eigenvalue weighted by atomic mass is 32.1. The zero-order valence-electron chi connectivity index (χ0n) is 11.8. The van der Waals surface area contributed by atoms with Crippen molar-refractivity contribution >= 4 is 11.3 Å². The van der Waals surface area contributed by atoms with E-state index in [2.05, 4.69) is 21.0 Å². The van der Waals surface area contributed by atoms with Crippen LogP contribution in [0.3, 0.4) is 0 Å². The topological polar surface area (TPSA) is 53.1 Å². The molecular formula is C16H17N3OS. The molecule has 0 aliphatic rings. The van der Waals surface area contributed by atoms with Gasteiger partial charge in [-0.05, 0) is 17.5 Å². The maximum absolute atomic E-state index is 6.36. The van der Waals surface area contributed by atoms with Crippen LogP contribution >= 0.6 is 11.3 Å². The van der Waals surface area contributed by atoms with Gasteiger partial charge < -0.3 is 15.0 Å². The van der Waals surface area contributed by atoms with Gasteiger partial charge in [0.2, 0.25) is 0 Å². The minimum Gasteiger partial charge on any atom is -0.496 e. The Kier molecular flexibility index (Phi) is 4.03. The van der Waals surface area contributed by atoms with E-state index in [4.69, 9.17) is 10.5 Å². The van der Waals surface area contributed by atoms with E-state index >= 15 is 0 Å². The minimum absolute atomic E-state index is 0.144. The van der Waals surface area contributed by atoms with Crippen LogP contribution in [0.1, 0.15) is 11.6 Å². The second kappa shape index (κ2) is 6.11. The number of benzene rings is 1. The molecule has 0 amide bonds. The quantitative estimate of drug-likeness (QED) is 0.786. The summed E-state index contributed by atoms with van der Waals surface area (Å²) < 4.78 is 7.47. The van der Waals surface area contributed by atoms with Gasteiger partial charge in [0.25, 0.3) is 0 Å². The third kappa shape index (κ3) is 2.84. The molecule has 4 nitrogen and oxygen atoms in total. The van der Waals surface area contributed by atoms with E-state index in [9.17, 15) is 0 Å². The molecule has 1 unspecified atom stereocenters. The Hall–Kier alpha value is -2.11. The molecule has 0 fully saturated rings. The average Bonchev–Trinajstić information content (AvgIpc) is 3.17. The maximum atomic E-state index is 6.36. The van der Waals surface area contributed by atoms with Gasteiger partial charge in [-0.25, -0.2) is 4.98 Å². The van der Waals surface area contributed by atoms with Crippen LogP contribution in [0.2, 0.25) is 0 Å². The molecule has 108 valence electrons. The SMILES string of the molecule is COc1ccccc1C(N)Cn1ccnc1-c1cccs1. The summed E-state index contributed by atoms with van der Waals surface area (Å²) in [5, 5.41) is 2.05. The van der Waals surface area contributed by atoms with Gasteiger partial charge in [-0.15, -0.1) is 11.3 Å². The largest absolute Gasteiger partial charge is 0.496 e. The number of nitrogens with zero attached hydrogens (tertiary/aromatic N) is 2. The predicted octanol–water partition coefficient (Wildman–Crippen LogP) is 3.32. The van der Waals surface area contributed by atoms with Crippen molar-refractivity contribution < 1.29 is 4.74 Å². The van der Waals surface area contributed by atoms with Gasteiger partial charge >= 0.3 is 0 Å². The number of thiophene rings is 1. The molecule has 0 saturated carbocycles. The number of aromatic nitrogens is 2. The smallest absolute Gasteiger partial charge is 0.150 e. The molecule has 0 spiro atoms. The molecule has 2 aromatic heterocycles. The summed E-state index contributed by atoms with van der Waals surface area (Å²) in [7, 11) is 1.67. The molecule has 21 heavy (non-hydrogen) atoms. The van der Waals surface area contributed by atoms with E-state index in [-0.39, 0.29) is 6.04 Å². The molecule has 2 N–H and O–H groups in total. The predicted molar refractivity (Wildman–Crippen MR) is 85.5 cm³/mol. The van der Waals surface area contributed by atoms with Crippen molar-refractivity contribution in [3.63, 3.8) is 0 Å². The van der Waals surface area contributed by atoms with Gasteiger partial charge in [-0.2, -0.15) is 0 Å². The first-order chi connectivity index (χ1) is 10.3. The molecule has 0 aliphatic carbocycles. The number of methoxy groups -OCH3 is 1. The van der Waals surface area contributed by atoms with Crippen LogP contribution in [-0.2, 0) is 6.54 Å². The lowest BCUT2D eigenvalue weighted by atomic mass is 10.1. The standard InChI is InChI=1S/C16H17N3OS/c1-20-14-6-3-2-5-12(14)13(17)11-19-9-8-18-16(19)15-7-4-10-21-15/h2-10,13H,11,17H2,1H3. The van der Waals surface area contributed by atoms with Gasteiger partial charge in [-0.3, -0.25) is 0 Å². The van der Waals surface area contributed by atoms with Crippen LogP contribution < -0.4 is 10.5 Å². The third-order valence-corrected chi connectivity index (χ3v) is 4.25. The van der Waals surface area contributed by atoms with E-state index in [1.807, 2.05) is 42.7 Å². The number of nitrogens with two attached hydrogens (primary N) is 1. The highest BCUT2D eigenvalue weighted by Gasteiger charge is 2.14. The highest BCUT2D eigenvalue weighted by Crippen LogP contribution is 2.27. The Balaban J connectivity index is 1.86. The van der Waals surface area contributed by atoms with Gasteiger partial charge in [0, 0.05) is 24.5 Å². The number of imidazole rings is 1. The van der Waals surface area contributed by atoms with Crippen molar-refractivity contribution in [3.8, 4) is 16.5 Å². The average molecular weight is 299 g/mol. The van der Waals surface area contributed by atoms with E-state index in [0.29, 0.717) is 6.54 Å². The van der Waals surface area contributed by atoms with E-state index in [0.717, 1.165) is 22.0 Å². The molecule has 0 aliphatic heterocycles. The van der Waals surface area contributed by atoms with Crippen LogP contribution in [0.5, 0.6) is 5.75 Å². The van der Waals surface area contributed by atoms with Gasteiger partial charge in [-0.1, -0.05) is 24.3 Å². The highest BCUT2D eigenvalue weighted by molar-refractivity contribution is 7.13. The summed E-state index contributed by atoms with van der Waals surface area (Å²) in [5.41, 5.74) is 7.37. The van der Waals surface area contributed by atoms with Crippen LogP contribution in [0.4, 0.5) is 0 Å². The number of hydrogen-bond donors (Lipinski definition) is 1. The second-order valence-electron chi connectivity index (χ2n) is 4.73. The van der Waals surface area contributed by atoms with Gasteiger partial charge in [0.05, 0.1) is 18.0 Å². The molecule has 3 rings (SSSR count). The van der Waals surface area contributed by atoms with Gasteiger partial charge in [0.15, 0.2) is 0 Å². The molecular weight excluding hydrogens is 282 g/mol. The van der Waals surface area contributed by atoms with Crippen LogP contribution in [0.25, 0.3) is 10.7 Å². The Morgan fingerprint density at radius 3 is 2.90 bits per heavy atom. The third-order valence-electron chi connectivity index (χ3n) is 3.39. The zero-order valence-corrected chi connectivity index (χ0v) is 12.6. The monoisotopic (exact) mass is 299 g/mol. The fourth-order valence-electron chi connectivity index (χ4n) is 2.37. The Labute approximate surface area is 127 Å². The fourth-order valence-corrected chi connectivity index (χ4v) is 3.11. The summed E-state index contributed by atoms with van der Waals surface area (Å²) >= 11 is 1.68. The van der Waals surface area contributed by atoms with Gasteiger partial charge in [0.1, 0.15) is 11.6 Å². The molecule has 0 bridgehead atoms. The maximum Gasteiger partial charge on any atom is 0.150 e. The molecule has 3 aromatic rings. The summed E-state index contributed by atoms with van der Waals surface area (Å²) in [6, 6.07) is 11.8. The minimum atomic E-state index is -0.144. The number of hydrogen-bond acceptors (Lipinski definition) is 4. The molecule has 0 radical (unpaired) electrons. The lowest BCUT2D eigenvalue weighted by Crippen LogP contribution is -2.18. The van der Waals surface area contributed by atoms with Crippen molar-refractivity contribution in [2.75, 3.05) is 7.11 Å². The number of rotatable bonds is 5. The Morgan fingerprint density at radius 1 is 1.29 bits per heavy atom. The first kappa shape index (κ1) is 13.9. The number of ether oxygens (including phenoxy) is 1. The lowest BCUT2D eigenvalue weighted by molar-refractivity contribution is 0.402. The molecule has 1 aromatic carbocycles. The van der Waals surface area contributed by atoms with E-state index in [1.165, 1.54) is 0 Å². The first-order valence-corrected chi connectivity index (χ1v) is 7.61. The van der Waals surface area contributed by atoms with Crippen molar-refractivity contribution in [3.05, 3.63) is 59.7 Å². The van der Waals surface area contributed by atoms with E-state index < -0.39 is 0 Å². The van der Waals surface area contributed by atoms with Crippen LogP contribution in [-0.4, -0.2) is 16.7 Å². The van der Waals surface area contributed by atoms with Crippen molar-refractivity contribution in [1.29, 1.82) is 0 Å². The Bertz CT molecular complexity index is 706. The summed E-state index contributed by atoms with van der Waals surface area (Å²) in [6.07, 6.45) is 3.77. The summed E-state index contributed by atoms with van der Waals surface area (Å²) in [4.78, 5) is 5.58. The van der Waals surface area contributed by atoms with Crippen molar-refractivity contribution in [2.45, 2.75) is 12.6 Å². The Morgan fingerprint density at radius 2 is 2.14 bits per heavy atom. The second-order valence-corrected chi connectivity index (χ2v) is 5.68. The first-order valence-electron chi connectivity index (χ1n) is 6.73. The zero-order chi connectivity index (χ0) is 14.7. The van der Waals surface area contributed by atoms with Crippen molar-refractivity contribution in [2.24, 2.45) is 5.73 Å².